The molecular formula is C21H31N5O. The molecule has 6 heteroatoms. The molecule has 0 saturated carbocycles. The Bertz CT molecular complexity index is 688. The first-order chi connectivity index (χ1) is 13.1. The average Bonchev–Trinajstić information content (AvgIpc) is 2.71. The van der Waals surface area contributed by atoms with Crippen LogP contribution in [-0.2, 0) is 6.54 Å². The molecule has 2 aromatic rings. The Kier molecular flexibility index (Phi) is 7.15. The molecule has 0 amide bonds. The number of nitrogens with zero attached hydrogens (tertiary/aromatic N) is 5. The van der Waals surface area contributed by atoms with Crippen LogP contribution in [0.3, 0.4) is 0 Å². The van der Waals surface area contributed by atoms with Crippen molar-refractivity contribution in [2.24, 2.45) is 0 Å². The highest BCUT2D eigenvalue weighted by molar-refractivity contribution is 5.33. The second-order valence-corrected chi connectivity index (χ2v) is 7.33. The van der Waals surface area contributed by atoms with Gasteiger partial charge in [-0.25, -0.2) is 9.97 Å². The smallest absolute Gasteiger partial charge is 0.123 e. The number of likely N-dealkylation sites (N-methyl/N-ethyl adjacent to an activating group) is 1. The highest BCUT2D eigenvalue weighted by Crippen LogP contribution is 2.24. The summed E-state index contributed by atoms with van der Waals surface area (Å²) in [4.78, 5) is 15.5. The van der Waals surface area contributed by atoms with E-state index in [2.05, 4.69) is 63.9 Å². The molecule has 0 aliphatic carbocycles. The minimum atomic E-state index is 0.214. The molecule has 27 heavy (non-hydrogen) atoms. The molecule has 0 spiro atoms. The van der Waals surface area contributed by atoms with Gasteiger partial charge in [0.25, 0.3) is 0 Å². The quantitative estimate of drug-likeness (QED) is 0.711. The Balaban J connectivity index is 1.54. The summed E-state index contributed by atoms with van der Waals surface area (Å²) in [5, 5.41) is 0. The van der Waals surface area contributed by atoms with E-state index in [9.17, 15) is 0 Å². The molecule has 1 aliphatic heterocycles. The lowest BCUT2D eigenvalue weighted by Gasteiger charge is -2.32. The van der Waals surface area contributed by atoms with Crippen molar-refractivity contribution in [1.82, 2.24) is 24.7 Å². The molecule has 1 atom stereocenters. The SMILES string of the molecule is CC(c1ccncn1)N(C)Cc1ccccc1OCCN1CCN(C)CC1. The van der Waals surface area contributed by atoms with Gasteiger partial charge in [-0.05, 0) is 33.2 Å². The van der Waals surface area contributed by atoms with Gasteiger partial charge in [-0.3, -0.25) is 9.80 Å². The number of para-hydroxylation sites is 1. The molecule has 1 saturated heterocycles. The van der Waals surface area contributed by atoms with Crippen LogP contribution in [0.5, 0.6) is 5.75 Å². The molecule has 6 nitrogen and oxygen atoms in total. The molecule has 1 fully saturated rings. The maximum absolute atomic E-state index is 6.15. The summed E-state index contributed by atoms with van der Waals surface area (Å²) in [5.41, 5.74) is 2.24. The molecule has 0 N–H and O–H groups in total. The first-order valence-electron chi connectivity index (χ1n) is 9.71. The summed E-state index contributed by atoms with van der Waals surface area (Å²) in [6.07, 6.45) is 3.40. The van der Waals surface area contributed by atoms with Gasteiger partial charge in [-0.15, -0.1) is 0 Å². The number of hydrogen-bond donors (Lipinski definition) is 0. The number of benzene rings is 1. The van der Waals surface area contributed by atoms with Crippen molar-refractivity contribution in [1.29, 1.82) is 0 Å². The van der Waals surface area contributed by atoms with Crippen molar-refractivity contribution in [3.63, 3.8) is 0 Å². The molecular weight excluding hydrogens is 338 g/mol. The van der Waals surface area contributed by atoms with E-state index in [1.54, 1.807) is 12.5 Å². The summed E-state index contributed by atoms with van der Waals surface area (Å²) in [7, 11) is 4.30. The van der Waals surface area contributed by atoms with Gasteiger partial charge in [0, 0.05) is 57.1 Å². The zero-order chi connectivity index (χ0) is 19.1. The van der Waals surface area contributed by atoms with Crippen LogP contribution in [0.15, 0.2) is 42.9 Å². The molecule has 1 aromatic heterocycles. The normalized spacial score (nSPS) is 17.2. The highest BCUT2D eigenvalue weighted by Gasteiger charge is 2.16. The predicted molar refractivity (Wildman–Crippen MR) is 108 cm³/mol. The predicted octanol–water partition coefficient (Wildman–Crippen LogP) is 2.30. The Labute approximate surface area is 162 Å². The summed E-state index contributed by atoms with van der Waals surface area (Å²) < 4.78 is 6.15. The monoisotopic (exact) mass is 369 g/mol. The second kappa shape index (κ2) is 9.78. The van der Waals surface area contributed by atoms with Gasteiger partial charge < -0.3 is 9.64 Å². The number of hydrogen-bond acceptors (Lipinski definition) is 6. The van der Waals surface area contributed by atoms with Crippen molar-refractivity contribution >= 4 is 0 Å². The number of aromatic nitrogens is 2. The first-order valence-corrected chi connectivity index (χ1v) is 9.71. The van der Waals surface area contributed by atoms with Crippen molar-refractivity contribution in [2.75, 3.05) is 53.4 Å². The van der Waals surface area contributed by atoms with Crippen LogP contribution in [0, 0.1) is 0 Å². The third-order valence-electron chi connectivity index (χ3n) is 5.35. The molecule has 0 radical (unpaired) electrons. The van der Waals surface area contributed by atoms with Crippen LogP contribution in [0.25, 0.3) is 0 Å². The third kappa shape index (κ3) is 5.73. The van der Waals surface area contributed by atoms with Gasteiger partial charge in [-0.1, -0.05) is 18.2 Å². The molecule has 0 bridgehead atoms. The fraction of sp³-hybridized carbons (Fsp3) is 0.524. The lowest BCUT2D eigenvalue weighted by atomic mass is 10.1. The topological polar surface area (TPSA) is 44.7 Å². The van der Waals surface area contributed by atoms with E-state index >= 15 is 0 Å². The lowest BCUT2D eigenvalue weighted by Crippen LogP contribution is -2.45. The van der Waals surface area contributed by atoms with E-state index in [4.69, 9.17) is 4.74 Å². The van der Waals surface area contributed by atoms with Gasteiger partial charge in [0.1, 0.15) is 18.7 Å². The van der Waals surface area contributed by atoms with Gasteiger partial charge in [0.2, 0.25) is 0 Å². The maximum Gasteiger partial charge on any atom is 0.123 e. The third-order valence-corrected chi connectivity index (χ3v) is 5.35. The average molecular weight is 370 g/mol. The van der Waals surface area contributed by atoms with Gasteiger partial charge in [0.05, 0.1) is 5.69 Å². The largest absolute Gasteiger partial charge is 0.492 e. The zero-order valence-corrected chi connectivity index (χ0v) is 16.7. The summed E-state index contributed by atoms with van der Waals surface area (Å²) in [6.45, 7) is 9.22. The number of piperazine rings is 1. The Hall–Kier alpha value is -2.02. The molecule has 1 aromatic carbocycles. The van der Waals surface area contributed by atoms with E-state index in [0.717, 1.165) is 57.3 Å². The molecule has 2 heterocycles. The fourth-order valence-corrected chi connectivity index (χ4v) is 3.31. The summed E-state index contributed by atoms with van der Waals surface area (Å²) in [6, 6.07) is 10.5. The van der Waals surface area contributed by atoms with E-state index in [-0.39, 0.29) is 6.04 Å². The fourth-order valence-electron chi connectivity index (χ4n) is 3.31. The van der Waals surface area contributed by atoms with Crippen LogP contribution >= 0.6 is 0 Å². The van der Waals surface area contributed by atoms with Crippen molar-refractivity contribution in [2.45, 2.75) is 19.5 Å². The van der Waals surface area contributed by atoms with E-state index in [1.165, 1.54) is 5.56 Å². The van der Waals surface area contributed by atoms with Crippen LogP contribution < -0.4 is 4.74 Å². The molecule has 1 aliphatic rings. The van der Waals surface area contributed by atoms with Crippen molar-refractivity contribution in [3.8, 4) is 5.75 Å². The Morgan fingerprint density at radius 3 is 2.67 bits per heavy atom. The van der Waals surface area contributed by atoms with Crippen LogP contribution in [0.2, 0.25) is 0 Å². The summed E-state index contributed by atoms with van der Waals surface area (Å²) in [5.74, 6) is 0.980. The van der Waals surface area contributed by atoms with Crippen molar-refractivity contribution in [3.05, 3.63) is 54.1 Å². The Morgan fingerprint density at radius 1 is 1.15 bits per heavy atom. The van der Waals surface area contributed by atoms with Crippen LogP contribution in [-0.4, -0.2) is 78.1 Å². The minimum Gasteiger partial charge on any atom is -0.492 e. The van der Waals surface area contributed by atoms with E-state index in [0.29, 0.717) is 0 Å². The molecule has 146 valence electrons. The maximum atomic E-state index is 6.15. The molecule has 3 rings (SSSR count). The van der Waals surface area contributed by atoms with E-state index in [1.807, 2.05) is 12.1 Å². The van der Waals surface area contributed by atoms with Crippen LogP contribution in [0.1, 0.15) is 24.2 Å². The van der Waals surface area contributed by atoms with Crippen molar-refractivity contribution < 1.29 is 4.74 Å². The second-order valence-electron chi connectivity index (χ2n) is 7.33. The minimum absolute atomic E-state index is 0.214. The van der Waals surface area contributed by atoms with Gasteiger partial charge in [-0.2, -0.15) is 0 Å². The number of rotatable bonds is 8. The van der Waals surface area contributed by atoms with Gasteiger partial charge in [0.15, 0.2) is 0 Å². The molecule has 1 unspecified atom stereocenters. The Morgan fingerprint density at radius 2 is 1.93 bits per heavy atom. The standard InChI is InChI=1S/C21H31N5O/c1-18(20-8-9-22-17-23-20)25(3)16-19-6-4-5-7-21(19)27-15-14-26-12-10-24(2)11-13-26/h4-9,17-18H,10-16H2,1-3H3. The van der Waals surface area contributed by atoms with E-state index < -0.39 is 0 Å². The first kappa shape index (κ1) is 19.7. The van der Waals surface area contributed by atoms with Gasteiger partial charge >= 0.3 is 0 Å². The zero-order valence-electron chi connectivity index (χ0n) is 16.7. The highest BCUT2D eigenvalue weighted by atomic mass is 16.5. The number of ether oxygens (including phenoxy) is 1. The van der Waals surface area contributed by atoms with Crippen LogP contribution in [0.4, 0.5) is 0 Å². The summed E-state index contributed by atoms with van der Waals surface area (Å²) >= 11 is 0. The lowest BCUT2D eigenvalue weighted by molar-refractivity contribution is 0.133.